The number of anilines is 1. The molecule has 0 aliphatic heterocycles. The van der Waals surface area contributed by atoms with Crippen LogP contribution in [0.1, 0.15) is 35.5 Å². The minimum atomic E-state index is -0.424. The van der Waals surface area contributed by atoms with Crippen molar-refractivity contribution >= 4 is 35.1 Å². The van der Waals surface area contributed by atoms with Crippen molar-refractivity contribution in [1.29, 1.82) is 0 Å². The molecule has 0 fully saturated rings. The van der Waals surface area contributed by atoms with Gasteiger partial charge in [-0.1, -0.05) is 59.3 Å². The zero-order valence-corrected chi connectivity index (χ0v) is 22.2. The Hall–Kier alpha value is -3.49. The number of benzene rings is 3. The van der Waals surface area contributed by atoms with Crippen molar-refractivity contribution in [2.75, 3.05) is 12.4 Å². The standard InChI is InChI=1S/C27H28ClN5O2S/c1-17-8-12-22(13-9-17)30-26(34)29-19(3)25-31-32-27(33(25)24-15-21(28)11-10-18(24)2)36-16-20-6-5-7-23(14-20)35-4/h5-15,19H,16H2,1-4H3,(H2,29,30,34). The van der Waals surface area contributed by atoms with Gasteiger partial charge < -0.3 is 15.4 Å². The minimum absolute atomic E-state index is 0.325. The van der Waals surface area contributed by atoms with Crippen LogP contribution in [0.15, 0.2) is 71.9 Å². The highest BCUT2D eigenvalue weighted by atomic mass is 35.5. The van der Waals surface area contributed by atoms with E-state index < -0.39 is 6.04 Å². The van der Waals surface area contributed by atoms with Crippen LogP contribution in [0.4, 0.5) is 10.5 Å². The summed E-state index contributed by atoms with van der Waals surface area (Å²) in [7, 11) is 1.65. The first-order valence-corrected chi connectivity index (χ1v) is 12.8. The molecule has 36 heavy (non-hydrogen) atoms. The number of thioether (sulfide) groups is 1. The molecule has 1 aromatic heterocycles. The zero-order valence-electron chi connectivity index (χ0n) is 20.6. The lowest BCUT2D eigenvalue weighted by molar-refractivity contribution is 0.249. The monoisotopic (exact) mass is 521 g/mol. The molecule has 7 nitrogen and oxygen atoms in total. The molecule has 1 unspecified atom stereocenters. The lowest BCUT2D eigenvalue weighted by Crippen LogP contribution is -2.32. The van der Waals surface area contributed by atoms with Crippen LogP contribution in [0.5, 0.6) is 5.75 Å². The summed E-state index contributed by atoms with van der Waals surface area (Å²) in [5.41, 5.74) is 4.82. The SMILES string of the molecule is COc1cccc(CSc2nnc(C(C)NC(=O)Nc3ccc(C)cc3)n2-c2cc(Cl)ccc2C)c1. The van der Waals surface area contributed by atoms with Crippen molar-refractivity contribution in [1.82, 2.24) is 20.1 Å². The van der Waals surface area contributed by atoms with E-state index in [0.29, 0.717) is 27.4 Å². The fraction of sp³-hybridized carbons (Fsp3) is 0.222. The summed E-state index contributed by atoms with van der Waals surface area (Å²) in [6.45, 7) is 5.89. The first-order chi connectivity index (χ1) is 17.3. The van der Waals surface area contributed by atoms with E-state index in [0.717, 1.165) is 28.1 Å². The number of carbonyl (C=O) groups excluding carboxylic acids is 1. The molecule has 0 radical (unpaired) electrons. The number of hydrogen-bond acceptors (Lipinski definition) is 5. The van der Waals surface area contributed by atoms with Gasteiger partial charge in [0.05, 0.1) is 18.8 Å². The van der Waals surface area contributed by atoms with Gasteiger partial charge in [0, 0.05) is 16.5 Å². The van der Waals surface area contributed by atoms with Gasteiger partial charge in [0.25, 0.3) is 0 Å². The number of aryl methyl sites for hydroxylation is 2. The van der Waals surface area contributed by atoms with Crippen LogP contribution in [0.3, 0.4) is 0 Å². The molecule has 1 atom stereocenters. The van der Waals surface area contributed by atoms with Crippen LogP contribution < -0.4 is 15.4 Å². The first kappa shape index (κ1) is 25.6. The van der Waals surface area contributed by atoms with E-state index >= 15 is 0 Å². The summed E-state index contributed by atoms with van der Waals surface area (Å²) >= 11 is 7.91. The number of urea groups is 1. The number of aromatic nitrogens is 3. The molecule has 0 spiro atoms. The molecule has 0 aliphatic carbocycles. The van der Waals surface area contributed by atoms with E-state index in [1.807, 2.05) is 92.1 Å². The molecule has 0 saturated carbocycles. The van der Waals surface area contributed by atoms with E-state index in [-0.39, 0.29) is 6.03 Å². The molecule has 0 saturated heterocycles. The van der Waals surface area contributed by atoms with Crippen molar-refractivity contribution in [2.24, 2.45) is 0 Å². The molecular formula is C27H28ClN5O2S. The highest BCUT2D eigenvalue weighted by Crippen LogP contribution is 2.31. The number of carbonyl (C=O) groups is 1. The van der Waals surface area contributed by atoms with Gasteiger partial charge in [-0.05, 0) is 68.3 Å². The molecular weight excluding hydrogens is 494 g/mol. The van der Waals surface area contributed by atoms with E-state index in [2.05, 4.69) is 20.8 Å². The average Bonchev–Trinajstić information content (AvgIpc) is 3.29. The summed E-state index contributed by atoms with van der Waals surface area (Å²) in [5, 5.41) is 16.1. The number of nitrogens with one attached hydrogen (secondary N) is 2. The summed E-state index contributed by atoms with van der Waals surface area (Å²) < 4.78 is 7.31. The predicted molar refractivity (Wildman–Crippen MR) is 145 cm³/mol. The van der Waals surface area contributed by atoms with Crippen LogP contribution in [0.25, 0.3) is 5.69 Å². The van der Waals surface area contributed by atoms with Gasteiger partial charge in [0.1, 0.15) is 5.75 Å². The lowest BCUT2D eigenvalue weighted by atomic mass is 10.2. The van der Waals surface area contributed by atoms with Crippen LogP contribution in [-0.2, 0) is 5.75 Å². The van der Waals surface area contributed by atoms with Crippen LogP contribution in [-0.4, -0.2) is 27.9 Å². The Morgan fingerprint density at radius 1 is 1.08 bits per heavy atom. The van der Waals surface area contributed by atoms with Gasteiger partial charge >= 0.3 is 6.03 Å². The molecule has 4 rings (SSSR count). The zero-order chi connectivity index (χ0) is 25.7. The van der Waals surface area contributed by atoms with E-state index in [1.54, 1.807) is 18.9 Å². The van der Waals surface area contributed by atoms with Gasteiger partial charge in [-0.25, -0.2) is 4.79 Å². The average molecular weight is 522 g/mol. The van der Waals surface area contributed by atoms with Gasteiger partial charge in [-0.3, -0.25) is 4.57 Å². The number of halogens is 1. The van der Waals surface area contributed by atoms with Crippen LogP contribution in [0, 0.1) is 13.8 Å². The third-order valence-electron chi connectivity index (χ3n) is 5.62. The Morgan fingerprint density at radius 3 is 2.61 bits per heavy atom. The Bertz CT molecular complexity index is 1360. The third-order valence-corrected chi connectivity index (χ3v) is 6.85. The van der Waals surface area contributed by atoms with Gasteiger partial charge in [0.2, 0.25) is 0 Å². The van der Waals surface area contributed by atoms with Gasteiger partial charge in [0.15, 0.2) is 11.0 Å². The van der Waals surface area contributed by atoms with Crippen molar-refractivity contribution in [3.63, 3.8) is 0 Å². The smallest absolute Gasteiger partial charge is 0.319 e. The maximum absolute atomic E-state index is 12.7. The highest BCUT2D eigenvalue weighted by Gasteiger charge is 2.22. The maximum Gasteiger partial charge on any atom is 0.319 e. The topological polar surface area (TPSA) is 81.1 Å². The quantitative estimate of drug-likeness (QED) is 0.251. The fourth-order valence-corrected chi connectivity index (χ4v) is 4.74. The van der Waals surface area contributed by atoms with Crippen LogP contribution in [0.2, 0.25) is 5.02 Å². The molecule has 2 N–H and O–H groups in total. The molecule has 9 heteroatoms. The second-order valence-corrected chi connectivity index (χ2v) is 9.81. The highest BCUT2D eigenvalue weighted by molar-refractivity contribution is 7.98. The largest absolute Gasteiger partial charge is 0.497 e. The molecule has 0 aliphatic rings. The Balaban J connectivity index is 1.60. The summed E-state index contributed by atoms with van der Waals surface area (Å²) in [6.07, 6.45) is 0. The Labute approximate surface area is 220 Å². The van der Waals surface area contributed by atoms with Gasteiger partial charge in [-0.15, -0.1) is 10.2 Å². The number of methoxy groups -OCH3 is 1. The van der Waals surface area contributed by atoms with E-state index in [9.17, 15) is 4.79 Å². The summed E-state index contributed by atoms with van der Waals surface area (Å²) in [5.74, 6) is 2.08. The molecule has 4 aromatic rings. The van der Waals surface area contributed by atoms with E-state index in [1.165, 1.54) is 0 Å². The minimum Gasteiger partial charge on any atom is -0.497 e. The van der Waals surface area contributed by atoms with Crippen LogP contribution >= 0.6 is 23.4 Å². The van der Waals surface area contributed by atoms with Crippen molar-refractivity contribution in [3.8, 4) is 11.4 Å². The second kappa shape index (κ2) is 11.5. The molecule has 3 aromatic carbocycles. The second-order valence-electron chi connectivity index (χ2n) is 8.43. The Kier molecular flexibility index (Phi) is 8.18. The third kappa shape index (κ3) is 6.19. The van der Waals surface area contributed by atoms with Crippen molar-refractivity contribution in [2.45, 2.75) is 37.7 Å². The number of rotatable bonds is 8. The van der Waals surface area contributed by atoms with Crippen molar-refractivity contribution < 1.29 is 9.53 Å². The van der Waals surface area contributed by atoms with E-state index in [4.69, 9.17) is 16.3 Å². The number of hydrogen-bond donors (Lipinski definition) is 2. The molecule has 186 valence electrons. The predicted octanol–water partition coefficient (Wildman–Crippen LogP) is 6.72. The Morgan fingerprint density at radius 2 is 1.86 bits per heavy atom. The maximum atomic E-state index is 12.7. The van der Waals surface area contributed by atoms with Gasteiger partial charge in [-0.2, -0.15) is 0 Å². The molecule has 1 heterocycles. The summed E-state index contributed by atoms with van der Waals surface area (Å²) in [4.78, 5) is 12.7. The number of amides is 2. The van der Waals surface area contributed by atoms with Crippen molar-refractivity contribution in [3.05, 3.63) is 94.3 Å². The molecule has 2 amide bonds. The number of ether oxygens (including phenoxy) is 1. The number of nitrogens with zero attached hydrogens (tertiary/aromatic N) is 3. The first-order valence-electron chi connectivity index (χ1n) is 11.5. The normalized spacial score (nSPS) is 11.7. The molecule has 0 bridgehead atoms. The summed E-state index contributed by atoms with van der Waals surface area (Å²) in [6, 6.07) is 20.5. The fourth-order valence-electron chi connectivity index (χ4n) is 3.68. The lowest BCUT2D eigenvalue weighted by Gasteiger charge is -2.18.